The molecule has 12 N–H and O–H groups in total. The Balaban J connectivity index is 0.000000304. The molecule has 34 heteroatoms. The van der Waals surface area contributed by atoms with E-state index in [0.717, 1.165) is 49.5 Å². The molecule has 27 nitrogen and oxygen atoms in total. The van der Waals surface area contributed by atoms with E-state index in [1.54, 1.807) is 51.4 Å². The molecule has 0 aromatic carbocycles. The second-order valence-electron chi connectivity index (χ2n) is 14.9. The lowest BCUT2D eigenvalue weighted by atomic mass is 10.2. The van der Waals surface area contributed by atoms with Crippen molar-refractivity contribution in [2.75, 3.05) is 49.6 Å². The van der Waals surface area contributed by atoms with Gasteiger partial charge in [0.15, 0.2) is 22.1 Å². The topological polar surface area (TPSA) is 428 Å². The number of anilines is 3. The third-order valence-electron chi connectivity index (χ3n) is 8.86. The fourth-order valence-corrected chi connectivity index (χ4v) is 9.81. The van der Waals surface area contributed by atoms with Crippen LogP contribution in [0.1, 0.15) is 51.8 Å². The highest BCUT2D eigenvalue weighted by molar-refractivity contribution is 8.03. The molecule has 3 radical (unpaired) electrons. The monoisotopic (exact) mass is 1220 g/mol. The molecule has 1 unspecified atom stereocenters. The van der Waals surface area contributed by atoms with Gasteiger partial charge in [-0.05, 0) is 74.1 Å². The van der Waals surface area contributed by atoms with Crippen molar-refractivity contribution >= 4 is 118 Å². The van der Waals surface area contributed by atoms with Gasteiger partial charge in [-0.25, -0.2) is 53.3 Å². The molecule has 74 heavy (non-hydrogen) atoms. The van der Waals surface area contributed by atoms with Crippen LogP contribution in [0.3, 0.4) is 0 Å². The summed E-state index contributed by atoms with van der Waals surface area (Å²) in [5.41, 5.74) is 18.1. The number of amides is 1. The van der Waals surface area contributed by atoms with Crippen molar-refractivity contribution in [3.8, 4) is 5.40 Å². The van der Waals surface area contributed by atoms with Crippen LogP contribution in [0.15, 0.2) is 30.1 Å². The number of fused-ring (bicyclic) bond motifs is 3. The number of carbonyl (C=O) groups is 1. The van der Waals surface area contributed by atoms with E-state index in [4.69, 9.17) is 22.5 Å². The fraction of sp³-hybridized carbons (Fsp3) is 0.375. The van der Waals surface area contributed by atoms with Gasteiger partial charge in [-0.1, -0.05) is 11.3 Å². The minimum absolute atomic E-state index is 0. The van der Waals surface area contributed by atoms with Crippen LogP contribution in [0, 0.1) is 66.1 Å². The number of piperazine rings is 1. The van der Waals surface area contributed by atoms with E-state index in [0.29, 0.717) is 87.1 Å². The summed E-state index contributed by atoms with van der Waals surface area (Å²) in [7, 11) is -3.31. The molecular formula is C40H52BIN20O7S5-. The zero-order chi connectivity index (χ0) is 53.6. The molecule has 1 fully saturated rings. The van der Waals surface area contributed by atoms with Gasteiger partial charge in [-0.2, -0.15) is 9.57 Å². The standard InChI is InChI=1S/C8H17N3O3S.C8H9N3S.C7H7N3OS.2C6H6N4OS.C5H7N3O.B.HI/c1-3-10-8(12)7-6-9-4-5-11(7)15(2,13)14;1-4-7-8(10-5(2)9-4)11-6(3)12-7;1-3-8-6-5(7(11)9-3)12-4(2)10-6;1-2-8-4-3(5(11)9-2)12-6(7)10-4;1-3-9-5(8)4(12-2-7)6(11)10-3;1-3-7-4(6)2-5(9)8-3;;/h7,9H,3-6H2,1-2H3,(H,10,12);1-3H3;1-2H3,(H,8,9,11);1H3,(H3,7,8,9,10,11);1H3,(H3,8,9,10,11);2H,1H3,(H3,6,7,8,9);;1H/p-1. The number of nitrogen functional groups attached to an aromatic ring is 3. The number of carbonyl (C=O) groups excluding carboxylic acids is 1. The van der Waals surface area contributed by atoms with Gasteiger partial charge in [0.25, 0.3) is 22.2 Å². The van der Waals surface area contributed by atoms with E-state index < -0.39 is 16.1 Å². The van der Waals surface area contributed by atoms with Gasteiger partial charge in [-0.15, -0.1) is 22.7 Å². The number of aryl methyl sites for hydroxylation is 8. The van der Waals surface area contributed by atoms with Crippen LogP contribution < -0.4 is 74.0 Å². The SMILES string of the molecule is CCNC(=O)C1CNCCN1S(C)(=O)=O.Cc1nc(C)c2sc(C)nc2n1.Cc1nc(N)c(SC#N)c(=O)[nH]1.Cc1nc(N)cc(=O)[nH]1.Cc1nc2nc(C)sc2c(=O)[nH]1.Cc1nc2nc(N)sc2c(=O)[nH]1.[B].[I-]. The molecule has 9 heterocycles. The number of hydrogen-bond acceptors (Lipinski definition) is 25. The van der Waals surface area contributed by atoms with E-state index in [1.807, 2.05) is 27.7 Å². The number of nitriles is 1. The first-order valence-corrected chi connectivity index (χ1v) is 26.2. The Morgan fingerprint density at radius 2 is 1.27 bits per heavy atom. The largest absolute Gasteiger partial charge is 1.00 e. The van der Waals surface area contributed by atoms with Crippen LogP contribution in [0.25, 0.3) is 31.0 Å². The van der Waals surface area contributed by atoms with Crippen LogP contribution in [0.2, 0.25) is 0 Å². The molecule has 1 amide bonds. The van der Waals surface area contributed by atoms with Crippen molar-refractivity contribution in [2.24, 2.45) is 0 Å². The van der Waals surface area contributed by atoms with E-state index in [9.17, 15) is 32.4 Å². The van der Waals surface area contributed by atoms with Crippen molar-refractivity contribution in [2.45, 2.75) is 73.3 Å². The summed E-state index contributed by atoms with van der Waals surface area (Å²) in [6.45, 7) is 18.1. The zero-order valence-corrected chi connectivity index (χ0v) is 47.7. The number of aromatic amines is 4. The van der Waals surface area contributed by atoms with Crippen molar-refractivity contribution in [1.82, 2.24) is 79.7 Å². The lowest BCUT2D eigenvalue weighted by Crippen LogP contribution is -3.00. The van der Waals surface area contributed by atoms with Gasteiger partial charge >= 0.3 is 0 Å². The zero-order valence-electron chi connectivity index (χ0n) is 41.5. The van der Waals surface area contributed by atoms with E-state index in [2.05, 4.69) is 75.4 Å². The Kier molecular flexibility index (Phi) is 24.9. The van der Waals surface area contributed by atoms with Crippen LogP contribution >= 0.6 is 45.8 Å². The third-order valence-corrected chi connectivity index (χ3v) is 13.7. The highest BCUT2D eigenvalue weighted by Gasteiger charge is 2.34. The molecule has 8 aromatic rings. The number of nitrogens with one attached hydrogen (secondary N) is 6. The lowest BCUT2D eigenvalue weighted by molar-refractivity contribution is -0.125. The Morgan fingerprint density at radius 1 is 0.757 bits per heavy atom. The van der Waals surface area contributed by atoms with E-state index in [1.165, 1.54) is 21.7 Å². The number of nitrogens with two attached hydrogens (primary N) is 3. The Hall–Kier alpha value is -6.36. The summed E-state index contributed by atoms with van der Waals surface area (Å²) in [4.78, 5) is 103. The van der Waals surface area contributed by atoms with Crippen molar-refractivity contribution in [3.05, 3.63) is 92.3 Å². The number of thioether (sulfide) groups is 1. The van der Waals surface area contributed by atoms with Crippen LogP contribution in [-0.4, -0.2) is 130 Å². The number of sulfonamides is 1. The highest BCUT2D eigenvalue weighted by atomic mass is 127. The van der Waals surface area contributed by atoms with Crippen LogP contribution in [0.5, 0.6) is 0 Å². The highest BCUT2D eigenvalue weighted by Crippen LogP contribution is 2.22. The number of halogens is 1. The molecule has 395 valence electrons. The Morgan fingerprint density at radius 3 is 1.80 bits per heavy atom. The summed E-state index contributed by atoms with van der Waals surface area (Å²) < 4.78 is 26.3. The summed E-state index contributed by atoms with van der Waals surface area (Å²) >= 11 is 4.88. The number of hydrogen-bond donors (Lipinski definition) is 9. The normalized spacial score (nSPS) is 12.7. The number of thiazole rings is 3. The maximum atomic E-state index is 11.6. The second kappa shape index (κ2) is 28.9. The minimum atomic E-state index is -3.31. The van der Waals surface area contributed by atoms with E-state index in [-0.39, 0.29) is 77.1 Å². The Bertz CT molecular complexity index is 3500. The maximum Gasteiger partial charge on any atom is 0.270 e. The third kappa shape index (κ3) is 18.8. The molecule has 0 spiro atoms. The molecule has 0 aliphatic carbocycles. The predicted molar refractivity (Wildman–Crippen MR) is 286 cm³/mol. The first-order chi connectivity index (χ1) is 33.8. The molecule has 1 aliphatic rings. The number of rotatable bonds is 4. The van der Waals surface area contributed by atoms with Crippen LogP contribution in [0.4, 0.5) is 16.8 Å². The molecule has 0 bridgehead atoms. The number of H-pyrrole nitrogens is 4. The van der Waals surface area contributed by atoms with Gasteiger partial charge in [0.05, 0.1) is 26.7 Å². The number of thiocyanates is 1. The predicted octanol–water partition coefficient (Wildman–Crippen LogP) is -1.85. The number of nitrogens with zero attached hydrogens (tertiary/aromatic N) is 11. The molecule has 1 saturated heterocycles. The van der Waals surface area contributed by atoms with Gasteiger partial charge < -0.3 is 71.7 Å². The van der Waals surface area contributed by atoms with Gasteiger partial charge in [-0.3, -0.25) is 24.0 Å². The molecule has 8 aromatic heterocycles. The molecule has 9 rings (SSSR count). The van der Waals surface area contributed by atoms with Gasteiger partial charge in [0, 0.05) is 40.7 Å². The lowest BCUT2D eigenvalue weighted by Gasteiger charge is -2.32. The molecular weight excluding hydrogens is 1170 g/mol. The minimum Gasteiger partial charge on any atom is -1.00 e. The first-order valence-electron chi connectivity index (χ1n) is 21.1. The molecule has 1 atom stereocenters. The number of aromatic nitrogens is 13. The quantitative estimate of drug-likeness (QED) is 0.0404. The molecule has 0 saturated carbocycles. The van der Waals surface area contributed by atoms with Crippen molar-refractivity contribution in [3.63, 3.8) is 0 Å². The van der Waals surface area contributed by atoms with E-state index >= 15 is 0 Å². The average Bonchev–Trinajstić information content (AvgIpc) is 3.97. The van der Waals surface area contributed by atoms with Crippen molar-refractivity contribution in [1.29, 1.82) is 5.26 Å². The summed E-state index contributed by atoms with van der Waals surface area (Å²) in [6.07, 6.45) is 1.13. The summed E-state index contributed by atoms with van der Waals surface area (Å²) in [5, 5.41) is 18.0. The average molecular weight is 1220 g/mol. The number of likely N-dealkylation sites (N-methyl/N-ethyl adjacent to an activating group) is 1. The fourth-order valence-electron chi connectivity index (χ4n) is 6.15. The van der Waals surface area contributed by atoms with Crippen LogP contribution in [-0.2, 0) is 14.8 Å². The summed E-state index contributed by atoms with van der Waals surface area (Å²) in [6, 6.07) is 0.626. The maximum absolute atomic E-state index is 11.6. The smallest absolute Gasteiger partial charge is 0.270 e. The molecule has 1 aliphatic heterocycles. The second-order valence-corrected chi connectivity index (χ2v) is 21.1. The Labute approximate surface area is 457 Å². The van der Waals surface area contributed by atoms with Gasteiger partial charge in [0.1, 0.15) is 66.5 Å². The van der Waals surface area contributed by atoms with Gasteiger partial charge in [0.2, 0.25) is 15.9 Å². The van der Waals surface area contributed by atoms with Crippen molar-refractivity contribution < 1.29 is 37.2 Å². The first kappa shape index (κ1) is 63.8. The summed E-state index contributed by atoms with van der Waals surface area (Å²) in [5.74, 6) is 3.06.